The normalized spacial score (nSPS) is 10.9. The molecular formula is C16H12BrN5OS2. The topological polar surface area (TPSA) is 80.1 Å². The maximum atomic E-state index is 11.8. The fourth-order valence-corrected chi connectivity index (χ4v) is 3.63. The van der Waals surface area contributed by atoms with Crippen molar-refractivity contribution in [2.45, 2.75) is 4.34 Å². The molecule has 3 rings (SSSR count). The van der Waals surface area contributed by atoms with Gasteiger partial charge in [0, 0.05) is 10.7 Å². The average Bonchev–Trinajstić information content (AvgIpc) is 3.11. The third-order valence-corrected chi connectivity index (χ3v) is 5.50. The molecule has 0 radical (unpaired) electrons. The van der Waals surface area contributed by atoms with Gasteiger partial charge in [0.25, 0.3) is 5.91 Å². The van der Waals surface area contributed by atoms with E-state index < -0.39 is 0 Å². The van der Waals surface area contributed by atoms with Crippen LogP contribution in [0.2, 0.25) is 0 Å². The Morgan fingerprint density at radius 2 is 2.08 bits per heavy atom. The van der Waals surface area contributed by atoms with E-state index in [0.717, 1.165) is 20.7 Å². The molecule has 25 heavy (non-hydrogen) atoms. The maximum absolute atomic E-state index is 11.8. The van der Waals surface area contributed by atoms with Gasteiger partial charge in [-0.1, -0.05) is 57.2 Å². The van der Waals surface area contributed by atoms with Crippen molar-refractivity contribution in [1.82, 2.24) is 20.6 Å². The van der Waals surface area contributed by atoms with Crippen molar-refractivity contribution in [2.75, 3.05) is 5.75 Å². The van der Waals surface area contributed by atoms with E-state index in [2.05, 4.69) is 41.6 Å². The number of aromatic nitrogens is 3. The lowest BCUT2D eigenvalue weighted by Gasteiger charge is -1.97. The summed E-state index contributed by atoms with van der Waals surface area (Å²) in [4.78, 5) is 16.1. The number of carbonyl (C=O) groups is 1. The molecular weight excluding hydrogens is 422 g/mol. The second kappa shape index (κ2) is 8.84. The molecule has 0 saturated carbocycles. The summed E-state index contributed by atoms with van der Waals surface area (Å²) in [5, 5.41) is 12.8. The van der Waals surface area contributed by atoms with Crippen LogP contribution in [-0.4, -0.2) is 33.1 Å². The van der Waals surface area contributed by atoms with Crippen LogP contribution < -0.4 is 5.43 Å². The van der Waals surface area contributed by atoms with Crippen LogP contribution in [0.4, 0.5) is 0 Å². The van der Waals surface area contributed by atoms with E-state index in [4.69, 9.17) is 0 Å². The smallest absolute Gasteiger partial charge is 0.250 e. The van der Waals surface area contributed by atoms with E-state index in [1.54, 1.807) is 12.4 Å². The molecule has 126 valence electrons. The van der Waals surface area contributed by atoms with E-state index >= 15 is 0 Å². The molecule has 2 aromatic heterocycles. The average molecular weight is 434 g/mol. The molecule has 2 heterocycles. The van der Waals surface area contributed by atoms with Gasteiger partial charge in [0.15, 0.2) is 9.35 Å². The van der Waals surface area contributed by atoms with Crippen molar-refractivity contribution in [3.05, 3.63) is 58.7 Å². The zero-order valence-electron chi connectivity index (χ0n) is 12.8. The van der Waals surface area contributed by atoms with Gasteiger partial charge >= 0.3 is 0 Å². The van der Waals surface area contributed by atoms with Gasteiger partial charge in [-0.3, -0.25) is 9.78 Å². The highest BCUT2D eigenvalue weighted by Crippen LogP contribution is 2.27. The molecule has 0 atom stereocenters. The summed E-state index contributed by atoms with van der Waals surface area (Å²) < 4.78 is 1.71. The first-order valence-corrected chi connectivity index (χ1v) is 9.75. The number of amides is 1. The maximum Gasteiger partial charge on any atom is 0.250 e. The predicted octanol–water partition coefficient (Wildman–Crippen LogP) is 3.61. The summed E-state index contributed by atoms with van der Waals surface area (Å²) in [6, 6.07) is 13.2. The number of nitrogens with one attached hydrogen (secondary N) is 1. The molecule has 0 aliphatic rings. The van der Waals surface area contributed by atoms with Gasteiger partial charge in [-0.15, -0.1) is 10.2 Å². The van der Waals surface area contributed by atoms with Crippen molar-refractivity contribution in [3.63, 3.8) is 0 Å². The number of carbonyl (C=O) groups excluding carboxylic acids is 1. The molecule has 0 bridgehead atoms. The second-order valence-electron chi connectivity index (χ2n) is 4.72. The third-order valence-electron chi connectivity index (χ3n) is 2.89. The molecule has 3 aromatic rings. The lowest BCUT2D eigenvalue weighted by molar-refractivity contribution is -0.118. The van der Waals surface area contributed by atoms with Crippen LogP contribution in [0, 0.1) is 0 Å². The van der Waals surface area contributed by atoms with Crippen LogP contribution in [0.25, 0.3) is 10.7 Å². The van der Waals surface area contributed by atoms with Crippen LogP contribution in [0.5, 0.6) is 0 Å². The summed E-state index contributed by atoms with van der Waals surface area (Å²) in [6.45, 7) is 0. The monoisotopic (exact) mass is 433 g/mol. The Kier molecular flexibility index (Phi) is 6.26. The zero-order chi connectivity index (χ0) is 17.5. The Bertz CT molecular complexity index is 868. The van der Waals surface area contributed by atoms with Gasteiger partial charge < -0.3 is 0 Å². The number of hydrogen-bond donors (Lipinski definition) is 1. The zero-order valence-corrected chi connectivity index (χ0v) is 16.0. The quantitative estimate of drug-likeness (QED) is 0.364. The molecule has 9 heteroatoms. The van der Waals surface area contributed by atoms with Crippen LogP contribution in [0.1, 0.15) is 5.56 Å². The molecule has 0 aliphatic heterocycles. The fraction of sp³-hybridized carbons (Fsp3) is 0.0625. The summed E-state index contributed by atoms with van der Waals surface area (Å²) in [5.41, 5.74) is 4.17. The largest absolute Gasteiger partial charge is 0.272 e. The van der Waals surface area contributed by atoms with Crippen molar-refractivity contribution in [2.24, 2.45) is 5.10 Å². The Morgan fingerprint density at radius 3 is 2.84 bits per heavy atom. The molecule has 0 fully saturated rings. The van der Waals surface area contributed by atoms with E-state index in [0.29, 0.717) is 4.34 Å². The van der Waals surface area contributed by atoms with Crippen molar-refractivity contribution in [3.8, 4) is 10.7 Å². The Hall–Kier alpha value is -2.10. The number of halogens is 1. The van der Waals surface area contributed by atoms with E-state index in [-0.39, 0.29) is 11.7 Å². The third kappa shape index (κ3) is 5.45. The summed E-state index contributed by atoms with van der Waals surface area (Å²) in [6.07, 6.45) is 3.31. The molecule has 0 unspecified atom stereocenters. The highest BCUT2D eigenvalue weighted by Gasteiger charge is 2.09. The molecule has 1 N–H and O–H groups in total. The number of nitrogens with zero attached hydrogens (tertiary/aromatic N) is 4. The summed E-state index contributed by atoms with van der Waals surface area (Å²) in [7, 11) is 0. The lowest BCUT2D eigenvalue weighted by Crippen LogP contribution is -2.19. The van der Waals surface area contributed by atoms with Crippen LogP contribution in [0.3, 0.4) is 0 Å². The SMILES string of the molecule is O=C(CSc1nnc(-c2ccccn2)s1)N/N=C/c1ccc(Br)cc1. The predicted molar refractivity (Wildman–Crippen MR) is 104 cm³/mol. The minimum atomic E-state index is -0.201. The van der Waals surface area contributed by atoms with Crippen LogP contribution in [0.15, 0.2) is 62.6 Å². The highest BCUT2D eigenvalue weighted by molar-refractivity contribution is 9.10. The highest BCUT2D eigenvalue weighted by atomic mass is 79.9. The van der Waals surface area contributed by atoms with Gasteiger partial charge in [-0.2, -0.15) is 5.10 Å². The second-order valence-corrected chi connectivity index (χ2v) is 7.84. The van der Waals surface area contributed by atoms with Gasteiger partial charge in [-0.05, 0) is 29.8 Å². The Labute approximate surface area is 160 Å². The van der Waals surface area contributed by atoms with Gasteiger partial charge in [0.1, 0.15) is 5.69 Å². The molecule has 0 aliphatic carbocycles. The number of thioether (sulfide) groups is 1. The van der Waals surface area contributed by atoms with E-state index in [1.807, 2.05) is 42.5 Å². The lowest BCUT2D eigenvalue weighted by atomic mass is 10.2. The summed E-state index contributed by atoms with van der Waals surface area (Å²) in [5.74, 6) is 0.0158. The number of benzene rings is 1. The molecule has 0 saturated heterocycles. The number of rotatable bonds is 6. The summed E-state index contributed by atoms with van der Waals surface area (Å²) >= 11 is 6.09. The van der Waals surface area contributed by atoms with Gasteiger partial charge in [0.05, 0.1) is 12.0 Å². The molecule has 1 amide bonds. The molecule has 6 nitrogen and oxygen atoms in total. The van der Waals surface area contributed by atoms with Crippen molar-refractivity contribution in [1.29, 1.82) is 0 Å². The Balaban J connectivity index is 1.48. The van der Waals surface area contributed by atoms with E-state index in [9.17, 15) is 4.79 Å². The van der Waals surface area contributed by atoms with E-state index in [1.165, 1.54) is 23.1 Å². The number of hydrogen-bond acceptors (Lipinski definition) is 7. The molecule has 0 spiro atoms. The first kappa shape index (κ1) is 17.7. The number of hydrazone groups is 1. The standard InChI is InChI=1S/C16H12BrN5OS2/c17-12-6-4-11(5-7-12)9-19-20-14(23)10-24-16-22-21-15(25-16)13-3-1-2-8-18-13/h1-9H,10H2,(H,20,23)/b19-9+. The minimum absolute atomic E-state index is 0.201. The molecule has 1 aromatic carbocycles. The first-order valence-electron chi connectivity index (χ1n) is 7.16. The first-order chi connectivity index (χ1) is 12.2. The van der Waals surface area contributed by atoms with Crippen LogP contribution >= 0.6 is 39.0 Å². The van der Waals surface area contributed by atoms with Gasteiger partial charge in [-0.25, -0.2) is 5.43 Å². The van der Waals surface area contributed by atoms with Crippen molar-refractivity contribution >= 4 is 51.2 Å². The number of pyridine rings is 1. The Morgan fingerprint density at radius 1 is 1.24 bits per heavy atom. The van der Waals surface area contributed by atoms with Crippen molar-refractivity contribution < 1.29 is 4.79 Å². The van der Waals surface area contributed by atoms with Crippen LogP contribution in [-0.2, 0) is 4.79 Å². The minimum Gasteiger partial charge on any atom is -0.272 e. The fourth-order valence-electron chi connectivity index (χ4n) is 1.75. The van der Waals surface area contributed by atoms with Gasteiger partial charge in [0.2, 0.25) is 0 Å².